The number of ether oxygens (including phenoxy) is 1. The fraction of sp³-hybridized carbons (Fsp3) is 0.429. The Morgan fingerprint density at radius 2 is 2.18 bits per heavy atom. The summed E-state index contributed by atoms with van der Waals surface area (Å²) in [5, 5.41) is 12.5. The van der Waals surface area contributed by atoms with Gasteiger partial charge < -0.3 is 15.2 Å². The second-order valence-electron chi connectivity index (χ2n) is 4.46. The molecule has 0 heterocycles. The first-order valence-electron chi connectivity index (χ1n) is 6.01. The van der Waals surface area contributed by atoms with Crippen molar-refractivity contribution in [1.82, 2.24) is 5.32 Å². The highest BCUT2D eigenvalue weighted by molar-refractivity contribution is 5.32. The number of benzene rings is 1. The summed E-state index contributed by atoms with van der Waals surface area (Å²) in [5.74, 6) is 0.738. The maximum atomic E-state index is 9.15. The maximum absolute atomic E-state index is 9.15. The number of aliphatic hydroxyl groups is 1. The van der Waals surface area contributed by atoms with E-state index in [4.69, 9.17) is 9.84 Å². The summed E-state index contributed by atoms with van der Waals surface area (Å²) >= 11 is 0. The number of hydrogen-bond donors (Lipinski definition) is 2. The molecule has 1 aromatic carbocycles. The molecule has 0 unspecified atom stereocenters. The highest BCUT2D eigenvalue weighted by Gasteiger charge is 2.20. The van der Waals surface area contributed by atoms with Crippen LogP contribution in [0.1, 0.15) is 18.4 Å². The largest absolute Gasteiger partial charge is 0.489 e. The molecule has 2 N–H and O–H groups in total. The second kappa shape index (κ2) is 5.84. The number of aliphatic hydroxyl groups excluding tert-OH is 1. The zero-order valence-corrected chi connectivity index (χ0v) is 9.98. The van der Waals surface area contributed by atoms with Gasteiger partial charge in [-0.3, -0.25) is 0 Å². The molecule has 92 valence electrons. The number of hydrogen-bond acceptors (Lipinski definition) is 3. The molecule has 0 amide bonds. The van der Waals surface area contributed by atoms with Gasteiger partial charge >= 0.3 is 0 Å². The highest BCUT2D eigenvalue weighted by Crippen LogP contribution is 2.20. The van der Waals surface area contributed by atoms with Crippen LogP contribution in [0.4, 0.5) is 0 Å². The Morgan fingerprint density at radius 3 is 2.88 bits per heavy atom. The molecule has 2 rings (SSSR count). The van der Waals surface area contributed by atoms with Gasteiger partial charge in [0.05, 0.1) is 6.61 Å². The summed E-state index contributed by atoms with van der Waals surface area (Å²) in [7, 11) is 0. The van der Waals surface area contributed by atoms with E-state index in [1.54, 1.807) is 0 Å². The molecule has 0 radical (unpaired) electrons. The first-order chi connectivity index (χ1) is 8.29. The van der Waals surface area contributed by atoms with Crippen LogP contribution in [0.2, 0.25) is 0 Å². The van der Waals surface area contributed by atoms with Crippen molar-refractivity contribution >= 4 is 0 Å². The molecular weight excluding hydrogens is 214 g/mol. The van der Waals surface area contributed by atoms with Gasteiger partial charge in [-0.15, -0.1) is 0 Å². The van der Waals surface area contributed by atoms with Crippen LogP contribution in [0.25, 0.3) is 0 Å². The number of para-hydroxylation sites is 1. The van der Waals surface area contributed by atoms with Crippen molar-refractivity contribution in [1.29, 1.82) is 0 Å². The fourth-order valence-corrected chi connectivity index (χ4v) is 1.58. The Labute approximate surface area is 102 Å². The van der Waals surface area contributed by atoms with E-state index in [1.807, 2.05) is 24.3 Å². The minimum absolute atomic E-state index is 0.00295. The first kappa shape index (κ1) is 12.1. The van der Waals surface area contributed by atoms with Crippen LogP contribution in [-0.4, -0.2) is 24.3 Å². The zero-order valence-electron chi connectivity index (χ0n) is 9.98. The van der Waals surface area contributed by atoms with Gasteiger partial charge in [-0.2, -0.15) is 0 Å². The molecule has 1 aromatic rings. The molecule has 0 atom stereocenters. The first-order valence-corrected chi connectivity index (χ1v) is 6.01. The molecule has 0 bridgehead atoms. The Hall–Kier alpha value is -1.32. The minimum atomic E-state index is 0.00295. The molecule has 0 spiro atoms. The van der Waals surface area contributed by atoms with Crippen LogP contribution in [0.5, 0.6) is 5.75 Å². The van der Waals surface area contributed by atoms with Gasteiger partial charge in [-0.1, -0.05) is 24.8 Å². The van der Waals surface area contributed by atoms with Crippen molar-refractivity contribution in [3.8, 4) is 5.75 Å². The number of nitrogens with one attached hydrogen (secondary N) is 1. The third kappa shape index (κ3) is 3.88. The molecule has 0 aromatic heterocycles. The SMILES string of the molecule is C=C(CNC1CC1)COc1ccccc1CO. The molecular formula is C14H19NO2. The second-order valence-corrected chi connectivity index (χ2v) is 4.46. The normalized spacial score (nSPS) is 14.6. The van der Waals surface area contributed by atoms with Gasteiger partial charge in [0.1, 0.15) is 12.4 Å². The van der Waals surface area contributed by atoms with Gasteiger partial charge in [0.2, 0.25) is 0 Å². The van der Waals surface area contributed by atoms with Gasteiger partial charge in [-0.05, 0) is 24.5 Å². The molecule has 3 nitrogen and oxygen atoms in total. The smallest absolute Gasteiger partial charge is 0.125 e. The van der Waals surface area contributed by atoms with Crippen molar-refractivity contribution in [3.63, 3.8) is 0 Å². The van der Waals surface area contributed by atoms with E-state index in [9.17, 15) is 0 Å². The van der Waals surface area contributed by atoms with E-state index in [0.29, 0.717) is 12.6 Å². The molecule has 1 aliphatic rings. The predicted octanol–water partition coefficient (Wildman–Crippen LogP) is 1.87. The van der Waals surface area contributed by atoms with Crippen LogP contribution in [0.15, 0.2) is 36.4 Å². The van der Waals surface area contributed by atoms with Crippen LogP contribution in [0.3, 0.4) is 0 Å². The van der Waals surface area contributed by atoms with E-state index >= 15 is 0 Å². The van der Waals surface area contributed by atoms with Crippen LogP contribution < -0.4 is 10.1 Å². The Morgan fingerprint density at radius 1 is 1.41 bits per heavy atom. The van der Waals surface area contributed by atoms with Crippen LogP contribution in [0, 0.1) is 0 Å². The van der Waals surface area contributed by atoms with Gasteiger partial charge in [-0.25, -0.2) is 0 Å². The molecule has 0 saturated heterocycles. The van der Waals surface area contributed by atoms with Crippen molar-refractivity contribution in [3.05, 3.63) is 42.0 Å². The standard InChI is InChI=1S/C14H19NO2/c1-11(8-15-13-6-7-13)10-17-14-5-3-2-4-12(14)9-16/h2-5,13,15-16H,1,6-10H2. The molecule has 0 aliphatic heterocycles. The summed E-state index contributed by atoms with van der Waals surface area (Å²) in [6, 6.07) is 8.21. The topological polar surface area (TPSA) is 41.5 Å². The van der Waals surface area contributed by atoms with E-state index < -0.39 is 0 Å². The summed E-state index contributed by atoms with van der Waals surface area (Å²) in [4.78, 5) is 0. The van der Waals surface area contributed by atoms with E-state index in [2.05, 4.69) is 11.9 Å². The van der Waals surface area contributed by atoms with Crippen LogP contribution >= 0.6 is 0 Å². The van der Waals surface area contributed by atoms with Gasteiger partial charge in [0.25, 0.3) is 0 Å². The van der Waals surface area contributed by atoms with E-state index in [1.165, 1.54) is 12.8 Å². The maximum Gasteiger partial charge on any atom is 0.125 e. The van der Waals surface area contributed by atoms with Gasteiger partial charge in [0.15, 0.2) is 0 Å². The summed E-state index contributed by atoms with van der Waals surface area (Å²) < 4.78 is 5.64. The molecule has 1 aliphatic carbocycles. The van der Waals surface area contributed by atoms with Crippen molar-refractivity contribution in [2.75, 3.05) is 13.2 Å². The highest BCUT2D eigenvalue weighted by atomic mass is 16.5. The summed E-state index contributed by atoms with van der Waals surface area (Å²) in [5.41, 5.74) is 1.85. The lowest BCUT2D eigenvalue weighted by atomic mass is 10.2. The third-order valence-electron chi connectivity index (χ3n) is 2.79. The zero-order chi connectivity index (χ0) is 12.1. The number of rotatable bonds is 7. The fourth-order valence-electron chi connectivity index (χ4n) is 1.58. The summed E-state index contributed by atoms with van der Waals surface area (Å²) in [6.45, 7) is 5.29. The lowest BCUT2D eigenvalue weighted by Gasteiger charge is -2.11. The Bertz CT molecular complexity index is 386. The van der Waals surface area contributed by atoms with Gasteiger partial charge in [0, 0.05) is 18.2 Å². The third-order valence-corrected chi connectivity index (χ3v) is 2.79. The van der Waals surface area contributed by atoms with Crippen LogP contribution in [-0.2, 0) is 6.61 Å². The van der Waals surface area contributed by atoms with Crippen molar-refractivity contribution < 1.29 is 9.84 Å². The Kier molecular flexibility index (Phi) is 4.18. The molecule has 3 heteroatoms. The Balaban J connectivity index is 1.77. The van der Waals surface area contributed by atoms with E-state index in [0.717, 1.165) is 23.4 Å². The quantitative estimate of drug-likeness (QED) is 0.706. The average molecular weight is 233 g/mol. The van der Waals surface area contributed by atoms with E-state index in [-0.39, 0.29) is 6.61 Å². The average Bonchev–Trinajstić information content (AvgIpc) is 3.18. The lowest BCUT2D eigenvalue weighted by molar-refractivity contribution is 0.268. The molecule has 17 heavy (non-hydrogen) atoms. The van der Waals surface area contributed by atoms with Crippen molar-refractivity contribution in [2.24, 2.45) is 0 Å². The summed E-state index contributed by atoms with van der Waals surface area (Å²) in [6.07, 6.45) is 2.56. The minimum Gasteiger partial charge on any atom is -0.489 e. The van der Waals surface area contributed by atoms with Crippen molar-refractivity contribution in [2.45, 2.75) is 25.5 Å². The monoisotopic (exact) mass is 233 g/mol. The lowest BCUT2D eigenvalue weighted by Crippen LogP contribution is -2.21. The predicted molar refractivity (Wildman–Crippen MR) is 68.0 cm³/mol. The molecule has 1 saturated carbocycles. The molecule has 1 fully saturated rings.